The van der Waals surface area contributed by atoms with Gasteiger partial charge in [0.15, 0.2) is 0 Å². The van der Waals surface area contributed by atoms with Crippen LogP contribution >= 0.6 is 22.7 Å². The van der Waals surface area contributed by atoms with E-state index in [1.165, 1.54) is 52.6 Å². The van der Waals surface area contributed by atoms with Crippen LogP contribution in [0.3, 0.4) is 0 Å². The minimum Gasteiger partial charge on any atom is -0.301 e. The third-order valence-corrected chi connectivity index (χ3v) is 5.83. The maximum atomic E-state index is 4.89. The second-order valence-corrected chi connectivity index (χ2v) is 7.26. The number of fused-ring (bicyclic) bond motifs is 1. The maximum Gasteiger partial charge on any atom is 0.116 e. The Morgan fingerprint density at radius 1 is 1.33 bits per heavy atom. The van der Waals surface area contributed by atoms with Gasteiger partial charge in [0.1, 0.15) is 5.01 Å². The number of hydrogen-bond donors (Lipinski definition) is 1. The van der Waals surface area contributed by atoms with E-state index >= 15 is 0 Å². The average molecular weight is 276 g/mol. The van der Waals surface area contributed by atoms with Crippen molar-refractivity contribution in [2.24, 2.45) is 0 Å². The Labute approximate surface area is 115 Å². The van der Waals surface area contributed by atoms with Crippen molar-refractivity contribution in [3.63, 3.8) is 0 Å². The molecule has 1 saturated carbocycles. The van der Waals surface area contributed by atoms with Gasteiger partial charge in [0.2, 0.25) is 0 Å². The average Bonchev–Trinajstić information content (AvgIpc) is 2.84. The van der Waals surface area contributed by atoms with Gasteiger partial charge in [-0.1, -0.05) is 6.07 Å². The summed E-state index contributed by atoms with van der Waals surface area (Å²) in [4.78, 5) is 7.83. The lowest BCUT2D eigenvalue weighted by molar-refractivity contribution is 0.604. The van der Waals surface area contributed by atoms with Gasteiger partial charge in [-0.3, -0.25) is 0 Å². The van der Waals surface area contributed by atoms with E-state index in [-0.39, 0.29) is 0 Å². The molecule has 18 heavy (non-hydrogen) atoms. The summed E-state index contributed by atoms with van der Waals surface area (Å²) >= 11 is 3.77. The fourth-order valence-corrected chi connectivity index (χ4v) is 4.64. The Kier molecular flexibility index (Phi) is 2.75. The first kappa shape index (κ1) is 11.1. The zero-order valence-corrected chi connectivity index (χ0v) is 11.8. The largest absolute Gasteiger partial charge is 0.301 e. The lowest BCUT2D eigenvalue weighted by Gasteiger charge is -2.14. The Bertz CT molecular complexity index is 519. The monoisotopic (exact) mass is 276 g/mol. The van der Waals surface area contributed by atoms with E-state index in [0.717, 1.165) is 6.04 Å². The van der Waals surface area contributed by atoms with Crippen molar-refractivity contribution in [3.8, 4) is 0 Å². The Hall–Kier alpha value is -0.710. The molecule has 2 aliphatic carbocycles. The molecular formula is C14H16N2S2. The molecule has 1 fully saturated rings. The van der Waals surface area contributed by atoms with Crippen LogP contribution in [0.5, 0.6) is 0 Å². The molecule has 0 aliphatic heterocycles. The molecule has 0 saturated heterocycles. The van der Waals surface area contributed by atoms with E-state index in [2.05, 4.69) is 22.8 Å². The number of rotatable bonds is 4. The number of hydrogen-bond acceptors (Lipinski definition) is 4. The third kappa shape index (κ3) is 2.02. The van der Waals surface area contributed by atoms with Crippen LogP contribution in [0.15, 0.2) is 17.5 Å². The Balaban J connectivity index is 1.67. The molecule has 4 heteroatoms. The van der Waals surface area contributed by atoms with Gasteiger partial charge < -0.3 is 5.32 Å². The van der Waals surface area contributed by atoms with E-state index in [1.54, 1.807) is 0 Å². The van der Waals surface area contributed by atoms with E-state index in [4.69, 9.17) is 4.98 Å². The molecule has 0 radical (unpaired) electrons. The van der Waals surface area contributed by atoms with Crippen molar-refractivity contribution in [1.82, 2.24) is 10.3 Å². The van der Waals surface area contributed by atoms with E-state index < -0.39 is 0 Å². The smallest absolute Gasteiger partial charge is 0.116 e. The summed E-state index contributed by atoms with van der Waals surface area (Å²) < 4.78 is 0. The van der Waals surface area contributed by atoms with Gasteiger partial charge in [-0.05, 0) is 43.6 Å². The summed E-state index contributed by atoms with van der Waals surface area (Å²) in [6, 6.07) is 5.43. The molecule has 94 valence electrons. The highest BCUT2D eigenvalue weighted by Crippen LogP contribution is 2.36. The fourth-order valence-electron chi connectivity index (χ4n) is 2.55. The molecular weight excluding hydrogens is 260 g/mol. The minimum absolute atomic E-state index is 0.341. The lowest BCUT2D eigenvalue weighted by Crippen LogP contribution is -2.23. The second-order valence-electron chi connectivity index (χ2n) is 5.16. The molecule has 1 N–H and O–H groups in total. The molecule has 2 aliphatic rings. The van der Waals surface area contributed by atoms with Crippen molar-refractivity contribution in [2.75, 3.05) is 0 Å². The molecule has 0 amide bonds. The Morgan fingerprint density at radius 2 is 2.28 bits per heavy atom. The van der Waals surface area contributed by atoms with Crippen LogP contribution < -0.4 is 5.32 Å². The van der Waals surface area contributed by atoms with Crippen molar-refractivity contribution in [2.45, 2.75) is 44.2 Å². The number of aryl methyl sites for hydroxylation is 2. The number of nitrogens with zero attached hydrogens (tertiary/aromatic N) is 1. The lowest BCUT2D eigenvalue weighted by atomic mass is 10.2. The number of thiophene rings is 1. The highest BCUT2D eigenvalue weighted by Gasteiger charge is 2.29. The molecule has 0 spiro atoms. The van der Waals surface area contributed by atoms with Gasteiger partial charge in [-0.2, -0.15) is 0 Å². The van der Waals surface area contributed by atoms with Crippen molar-refractivity contribution in [3.05, 3.63) is 38.0 Å². The van der Waals surface area contributed by atoms with Crippen LogP contribution in [0.1, 0.15) is 45.8 Å². The molecule has 0 aromatic carbocycles. The summed E-state index contributed by atoms with van der Waals surface area (Å²) in [7, 11) is 0. The molecule has 2 aromatic heterocycles. The van der Waals surface area contributed by atoms with E-state index in [1.807, 2.05) is 22.7 Å². The first-order chi connectivity index (χ1) is 8.90. The topological polar surface area (TPSA) is 24.9 Å². The van der Waals surface area contributed by atoms with E-state index in [0.29, 0.717) is 6.04 Å². The summed E-state index contributed by atoms with van der Waals surface area (Å²) in [5, 5.41) is 7.21. The SMILES string of the molecule is c1csc(C(NC2CC2)c2nc3c(s2)CCC3)c1. The first-order valence-electron chi connectivity index (χ1n) is 6.68. The van der Waals surface area contributed by atoms with Gasteiger partial charge in [-0.15, -0.1) is 22.7 Å². The summed E-state index contributed by atoms with van der Waals surface area (Å²) in [6.45, 7) is 0. The van der Waals surface area contributed by atoms with Crippen LogP contribution in [0.4, 0.5) is 0 Å². The standard InChI is InChI=1S/C14H16N2S2/c1-3-10-11(4-1)18-14(16-10)13(15-9-6-7-9)12-5-2-8-17-12/h2,5,8-9,13,15H,1,3-4,6-7H2. The molecule has 2 heterocycles. The molecule has 2 aromatic rings. The highest BCUT2D eigenvalue weighted by atomic mass is 32.1. The maximum absolute atomic E-state index is 4.89. The summed E-state index contributed by atoms with van der Waals surface area (Å²) in [5.74, 6) is 0. The molecule has 1 atom stereocenters. The van der Waals surface area contributed by atoms with Crippen LogP contribution in [-0.2, 0) is 12.8 Å². The van der Waals surface area contributed by atoms with Crippen molar-refractivity contribution in [1.29, 1.82) is 0 Å². The van der Waals surface area contributed by atoms with Crippen LogP contribution in [-0.4, -0.2) is 11.0 Å². The number of nitrogens with one attached hydrogen (secondary N) is 1. The zero-order chi connectivity index (χ0) is 11.9. The summed E-state index contributed by atoms with van der Waals surface area (Å²) in [6.07, 6.45) is 6.38. The van der Waals surface area contributed by atoms with Gasteiger partial charge in [0, 0.05) is 15.8 Å². The molecule has 0 bridgehead atoms. The third-order valence-electron chi connectivity index (χ3n) is 3.67. The molecule has 2 nitrogen and oxygen atoms in total. The number of aromatic nitrogens is 1. The first-order valence-corrected chi connectivity index (χ1v) is 8.38. The van der Waals surface area contributed by atoms with Gasteiger partial charge in [-0.25, -0.2) is 4.98 Å². The van der Waals surface area contributed by atoms with Crippen molar-refractivity contribution < 1.29 is 0 Å². The quantitative estimate of drug-likeness (QED) is 0.924. The minimum atomic E-state index is 0.341. The second kappa shape index (κ2) is 4.44. The van der Waals surface area contributed by atoms with Crippen LogP contribution in [0.25, 0.3) is 0 Å². The van der Waals surface area contributed by atoms with Crippen LogP contribution in [0, 0.1) is 0 Å². The normalized spacial score (nSPS) is 20.0. The molecule has 1 unspecified atom stereocenters. The van der Waals surface area contributed by atoms with E-state index in [9.17, 15) is 0 Å². The van der Waals surface area contributed by atoms with Crippen molar-refractivity contribution >= 4 is 22.7 Å². The molecule has 4 rings (SSSR count). The van der Waals surface area contributed by atoms with Gasteiger partial charge in [0.25, 0.3) is 0 Å². The predicted molar refractivity (Wildman–Crippen MR) is 76.5 cm³/mol. The predicted octanol–water partition coefficient (Wildman–Crippen LogP) is 3.53. The van der Waals surface area contributed by atoms with Crippen LogP contribution in [0.2, 0.25) is 0 Å². The van der Waals surface area contributed by atoms with Gasteiger partial charge >= 0.3 is 0 Å². The Morgan fingerprint density at radius 3 is 3.00 bits per heavy atom. The van der Waals surface area contributed by atoms with Gasteiger partial charge in [0.05, 0.1) is 11.7 Å². The summed E-state index contributed by atoms with van der Waals surface area (Å²) in [5.41, 5.74) is 1.37. The highest BCUT2D eigenvalue weighted by molar-refractivity contribution is 7.12. The number of thiazole rings is 1. The fraction of sp³-hybridized carbons (Fsp3) is 0.500. The zero-order valence-electron chi connectivity index (χ0n) is 10.2.